The van der Waals surface area contributed by atoms with Crippen molar-refractivity contribution >= 4 is 17.5 Å². The number of hydrogen-bond donors (Lipinski definition) is 2. The zero-order chi connectivity index (χ0) is 13.1. The Morgan fingerprint density at radius 3 is 2.71 bits per heavy atom. The van der Waals surface area contributed by atoms with Gasteiger partial charge in [-0.15, -0.1) is 0 Å². The maximum absolute atomic E-state index is 12.8. The third kappa shape index (κ3) is 3.98. The molecule has 0 heterocycles. The molecule has 0 spiro atoms. The molecule has 0 unspecified atom stereocenters. The Morgan fingerprint density at radius 2 is 2.18 bits per heavy atom. The molecule has 5 heteroatoms. The maximum atomic E-state index is 12.8. The van der Waals surface area contributed by atoms with E-state index >= 15 is 0 Å². The fraction of sp³-hybridized carbons (Fsp3) is 0.417. The van der Waals surface area contributed by atoms with Crippen molar-refractivity contribution in [2.24, 2.45) is 11.1 Å². The Bertz CT molecular complexity index is 421. The molecule has 0 aliphatic rings. The molecule has 0 atom stereocenters. The van der Waals surface area contributed by atoms with Crippen LogP contribution in [0.15, 0.2) is 18.2 Å². The van der Waals surface area contributed by atoms with E-state index in [4.69, 9.17) is 17.3 Å². The van der Waals surface area contributed by atoms with Crippen LogP contribution in [0.5, 0.6) is 0 Å². The van der Waals surface area contributed by atoms with Gasteiger partial charge < -0.3 is 11.1 Å². The second-order valence-electron chi connectivity index (χ2n) is 4.59. The Hall–Kier alpha value is -1.13. The first kappa shape index (κ1) is 13.9. The van der Waals surface area contributed by atoms with Gasteiger partial charge in [-0.1, -0.05) is 17.7 Å². The van der Waals surface area contributed by atoms with Gasteiger partial charge in [-0.3, -0.25) is 4.79 Å². The third-order valence-electron chi connectivity index (χ3n) is 2.56. The highest BCUT2D eigenvalue weighted by atomic mass is 35.5. The number of rotatable bonds is 5. The lowest BCUT2D eigenvalue weighted by Crippen LogP contribution is -2.40. The molecule has 94 valence electrons. The van der Waals surface area contributed by atoms with Gasteiger partial charge in [0, 0.05) is 18.1 Å². The fourth-order valence-electron chi connectivity index (χ4n) is 1.26. The molecule has 1 aromatic rings. The van der Waals surface area contributed by atoms with Crippen LogP contribution < -0.4 is 11.1 Å². The Balaban J connectivity index is 2.54. The van der Waals surface area contributed by atoms with Crippen LogP contribution >= 0.6 is 11.6 Å². The first-order valence-electron chi connectivity index (χ1n) is 5.27. The Morgan fingerprint density at radius 1 is 1.53 bits per heavy atom. The molecular weight excluding hydrogens is 243 g/mol. The van der Waals surface area contributed by atoms with Gasteiger partial charge in [-0.25, -0.2) is 4.39 Å². The van der Waals surface area contributed by atoms with Crippen molar-refractivity contribution in [1.29, 1.82) is 0 Å². The topological polar surface area (TPSA) is 55.1 Å². The van der Waals surface area contributed by atoms with Crippen LogP contribution in [0.2, 0.25) is 5.02 Å². The van der Waals surface area contributed by atoms with E-state index in [-0.39, 0.29) is 11.7 Å². The van der Waals surface area contributed by atoms with Gasteiger partial charge in [-0.05, 0) is 31.5 Å². The van der Waals surface area contributed by atoms with E-state index in [2.05, 4.69) is 5.32 Å². The summed E-state index contributed by atoms with van der Waals surface area (Å²) in [5, 5.41) is 3.45. The zero-order valence-corrected chi connectivity index (χ0v) is 10.6. The van der Waals surface area contributed by atoms with Gasteiger partial charge in [0.05, 0.1) is 5.41 Å². The van der Waals surface area contributed by atoms with Gasteiger partial charge in [0.2, 0.25) is 5.91 Å². The number of nitrogens with two attached hydrogens (primary N) is 1. The highest BCUT2D eigenvalue weighted by Crippen LogP contribution is 2.18. The van der Waals surface area contributed by atoms with Crippen molar-refractivity contribution < 1.29 is 9.18 Å². The SMILES string of the molecule is CC(C)(CNCc1ccc(F)cc1Cl)C(N)=O. The zero-order valence-electron chi connectivity index (χ0n) is 9.89. The molecule has 0 radical (unpaired) electrons. The lowest BCUT2D eigenvalue weighted by molar-refractivity contribution is -0.125. The summed E-state index contributed by atoms with van der Waals surface area (Å²) < 4.78 is 12.8. The number of primary amides is 1. The second kappa shape index (κ2) is 5.47. The van der Waals surface area contributed by atoms with Crippen molar-refractivity contribution in [3.05, 3.63) is 34.6 Å². The molecule has 1 amide bonds. The molecule has 0 aliphatic heterocycles. The lowest BCUT2D eigenvalue weighted by Gasteiger charge is -2.21. The number of nitrogens with one attached hydrogen (secondary N) is 1. The summed E-state index contributed by atoms with van der Waals surface area (Å²) in [6, 6.07) is 4.22. The Labute approximate surface area is 105 Å². The second-order valence-corrected chi connectivity index (χ2v) is 4.99. The maximum Gasteiger partial charge on any atom is 0.224 e. The van der Waals surface area contributed by atoms with Crippen molar-refractivity contribution in [1.82, 2.24) is 5.32 Å². The summed E-state index contributed by atoms with van der Waals surface area (Å²) >= 11 is 5.87. The first-order valence-corrected chi connectivity index (χ1v) is 5.65. The number of hydrogen-bond acceptors (Lipinski definition) is 2. The minimum absolute atomic E-state index is 0.365. The molecule has 17 heavy (non-hydrogen) atoms. The molecule has 0 bridgehead atoms. The Kier molecular flexibility index (Phi) is 4.48. The molecule has 0 fully saturated rings. The summed E-state index contributed by atoms with van der Waals surface area (Å²) in [5.74, 6) is -0.730. The van der Waals surface area contributed by atoms with Crippen molar-refractivity contribution in [3.63, 3.8) is 0 Å². The van der Waals surface area contributed by atoms with Crippen LogP contribution in [-0.4, -0.2) is 12.5 Å². The first-order chi connectivity index (χ1) is 7.83. The van der Waals surface area contributed by atoms with E-state index in [1.165, 1.54) is 12.1 Å². The third-order valence-corrected chi connectivity index (χ3v) is 2.92. The number of benzene rings is 1. The van der Waals surface area contributed by atoms with Gasteiger partial charge in [0.1, 0.15) is 5.82 Å². The molecule has 0 saturated heterocycles. The van der Waals surface area contributed by atoms with Crippen molar-refractivity contribution in [3.8, 4) is 0 Å². The average molecular weight is 259 g/mol. The molecule has 3 nitrogen and oxygen atoms in total. The number of halogens is 2. The van der Waals surface area contributed by atoms with E-state index < -0.39 is 5.41 Å². The van der Waals surface area contributed by atoms with E-state index in [1.807, 2.05) is 0 Å². The number of amides is 1. The van der Waals surface area contributed by atoms with E-state index in [0.717, 1.165) is 5.56 Å². The molecular formula is C12H16ClFN2O. The predicted octanol–water partition coefficient (Wildman–Crippen LogP) is 2.08. The van der Waals surface area contributed by atoms with E-state index in [9.17, 15) is 9.18 Å². The van der Waals surface area contributed by atoms with Gasteiger partial charge in [0.25, 0.3) is 0 Å². The van der Waals surface area contributed by atoms with E-state index in [1.54, 1.807) is 19.9 Å². The van der Waals surface area contributed by atoms with Crippen LogP contribution in [0, 0.1) is 11.2 Å². The smallest absolute Gasteiger partial charge is 0.224 e. The van der Waals surface area contributed by atoms with Crippen molar-refractivity contribution in [2.45, 2.75) is 20.4 Å². The molecule has 0 saturated carbocycles. The van der Waals surface area contributed by atoms with Crippen LogP contribution in [0.4, 0.5) is 4.39 Å². The monoisotopic (exact) mass is 258 g/mol. The lowest BCUT2D eigenvalue weighted by atomic mass is 9.93. The van der Waals surface area contributed by atoms with Crippen LogP contribution in [0.3, 0.4) is 0 Å². The summed E-state index contributed by atoms with van der Waals surface area (Å²) in [7, 11) is 0. The minimum Gasteiger partial charge on any atom is -0.369 e. The molecule has 3 N–H and O–H groups in total. The quantitative estimate of drug-likeness (QED) is 0.850. The average Bonchev–Trinajstić information content (AvgIpc) is 2.21. The van der Waals surface area contributed by atoms with Crippen LogP contribution in [-0.2, 0) is 11.3 Å². The standard InChI is InChI=1S/C12H16ClFN2O/c1-12(2,11(15)17)7-16-6-8-3-4-9(14)5-10(8)13/h3-5,16H,6-7H2,1-2H3,(H2,15,17). The highest BCUT2D eigenvalue weighted by molar-refractivity contribution is 6.31. The fourth-order valence-corrected chi connectivity index (χ4v) is 1.50. The largest absolute Gasteiger partial charge is 0.369 e. The van der Waals surface area contributed by atoms with Gasteiger partial charge >= 0.3 is 0 Å². The number of carbonyl (C=O) groups excluding carboxylic acids is 1. The van der Waals surface area contributed by atoms with Crippen molar-refractivity contribution in [2.75, 3.05) is 6.54 Å². The molecule has 1 rings (SSSR count). The minimum atomic E-state index is -0.619. The highest BCUT2D eigenvalue weighted by Gasteiger charge is 2.24. The summed E-state index contributed by atoms with van der Waals surface area (Å²) in [5.41, 5.74) is 5.41. The summed E-state index contributed by atoms with van der Waals surface area (Å²) in [6.07, 6.45) is 0. The number of carbonyl (C=O) groups is 1. The van der Waals surface area contributed by atoms with Gasteiger partial charge in [0.15, 0.2) is 0 Å². The normalized spacial score (nSPS) is 11.5. The van der Waals surface area contributed by atoms with Gasteiger partial charge in [-0.2, -0.15) is 0 Å². The van der Waals surface area contributed by atoms with E-state index in [0.29, 0.717) is 18.1 Å². The molecule has 0 aromatic heterocycles. The summed E-state index contributed by atoms with van der Waals surface area (Å²) in [4.78, 5) is 11.1. The van der Waals surface area contributed by atoms with Crippen LogP contribution in [0.25, 0.3) is 0 Å². The molecule has 1 aromatic carbocycles. The van der Waals surface area contributed by atoms with Crippen LogP contribution in [0.1, 0.15) is 19.4 Å². The summed E-state index contributed by atoms with van der Waals surface area (Å²) in [6.45, 7) is 4.43. The predicted molar refractivity (Wildman–Crippen MR) is 66.1 cm³/mol. The molecule has 0 aliphatic carbocycles.